The second-order valence-electron chi connectivity index (χ2n) is 4.16. The molecular formula is C12H15IN2O2. The molecule has 3 N–H and O–H groups in total. The lowest BCUT2D eigenvalue weighted by molar-refractivity contribution is 0.0927. The minimum absolute atomic E-state index is 0.0388. The second kappa shape index (κ2) is 5.68. The van der Waals surface area contributed by atoms with Crippen molar-refractivity contribution in [3.05, 3.63) is 27.3 Å². The van der Waals surface area contributed by atoms with Gasteiger partial charge in [-0.15, -0.1) is 0 Å². The maximum atomic E-state index is 12.0. The molecule has 1 aliphatic heterocycles. The molecular weight excluding hydrogens is 331 g/mol. The monoisotopic (exact) mass is 346 g/mol. The molecule has 0 aliphatic carbocycles. The van der Waals surface area contributed by atoms with Crippen LogP contribution in [0.25, 0.3) is 0 Å². The van der Waals surface area contributed by atoms with Gasteiger partial charge in [0.2, 0.25) is 0 Å². The van der Waals surface area contributed by atoms with Crippen LogP contribution in [0.4, 0.5) is 0 Å². The lowest BCUT2D eigenvalue weighted by Gasteiger charge is -2.23. The molecule has 17 heavy (non-hydrogen) atoms. The zero-order valence-electron chi connectivity index (χ0n) is 9.37. The van der Waals surface area contributed by atoms with Crippen LogP contribution in [0.2, 0.25) is 0 Å². The van der Waals surface area contributed by atoms with Gasteiger partial charge < -0.3 is 15.7 Å². The van der Waals surface area contributed by atoms with E-state index in [0.717, 1.165) is 29.5 Å². The highest BCUT2D eigenvalue weighted by Gasteiger charge is 2.18. The number of nitrogens with one attached hydrogen (secondary N) is 2. The number of aromatic hydroxyl groups is 1. The van der Waals surface area contributed by atoms with Gasteiger partial charge in [0, 0.05) is 9.61 Å². The number of piperidine rings is 1. The van der Waals surface area contributed by atoms with Crippen LogP contribution in [0.1, 0.15) is 23.2 Å². The van der Waals surface area contributed by atoms with E-state index in [1.54, 1.807) is 18.2 Å². The zero-order chi connectivity index (χ0) is 12.3. The Hall–Kier alpha value is -0.820. The van der Waals surface area contributed by atoms with E-state index in [0.29, 0.717) is 5.56 Å². The van der Waals surface area contributed by atoms with Crippen LogP contribution in [-0.2, 0) is 0 Å². The first-order valence-electron chi connectivity index (χ1n) is 5.67. The maximum absolute atomic E-state index is 12.0. The van der Waals surface area contributed by atoms with Crippen LogP contribution in [0.3, 0.4) is 0 Å². The number of amides is 1. The summed E-state index contributed by atoms with van der Waals surface area (Å²) in [6, 6.07) is 5.24. The van der Waals surface area contributed by atoms with Gasteiger partial charge in [-0.25, -0.2) is 0 Å². The Kier molecular flexibility index (Phi) is 4.22. The quantitative estimate of drug-likeness (QED) is 0.711. The normalized spacial score (nSPS) is 16.8. The Labute approximate surface area is 114 Å². The predicted molar refractivity (Wildman–Crippen MR) is 74.2 cm³/mol. The molecule has 0 radical (unpaired) electrons. The molecule has 0 atom stereocenters. The van der Waals surface area contributed by atoms with Gasteiger partial charge >= 0.3 is 0 Å². The van der Waals surface area contributed by atoms with Crippen molar-refractivity contribution in [2.45, 2.75) is 18.9 Å². The molecule has 1 aliphatic rings. The minimum atomic E-state index is -0.187. The molecule has 1 heterocycles. The van der Waals surface area contributed by atoms with Crippen LogP contribution >= 0.6 is 22.6 Å². The van der Waals surface area contributed by atoms with Gasteiger partial charge in [0.15, 0.2) is 0 Å². The zero-order valence-corrected chi connectivity index (χ0v) is 11.5. The number of hydrogen-bond donors (Lipinski definition) is 3. The molecule has 1 aromatic rings. The molecule has 0 bridgehead atoms. The standard InChI is InChI=1S/C12H15IN2O2/c13-8-1-2-11(16)10(7-8)12(17)15-9-3-5-14-6-4-9/h1-2,7,9,14,16H,3-6H2,(H,15,17). The average Bonchev–Trinajstić information content (AvgIpc) is 2.33. The van der Waals surface area contributed by atoms with E-state index in [-0.39, 0.29) is 17.7 Å². The molecule has 1 amide bonds. The molecule has 1 saturated heterocycles. The Balaban J connectivity index is 2.05. The summed E-state index contributed by atoms with van der Waals surface area (Å²) in [5.74, 6) is -0.148. The first-order chi connectivity index (χ1) is 8.16. The van der Waals surface area contributed by atoms with E-state index in [1.807, 2.05) is 0 Å². The number of phenolic OH excluding ortho intramolecular Hbond substituents is 1. The van der Waals surface area contributed by atoms with Crippen LogP contribution in [-0.4, -0.2) is 30.1 Å². The highest BCUT2D eigenvalue weighted by Crippen LogP contribution is 2.20. The number of rotatable bonds is 2. The number of phenols is 1. The lowest BCUT2D eigenvalue weighted by atomic mass is 10.1. The number of carbonyl (C=O) groups is 1. The molecule has 0 saturated carbocycles. The summed E-state index contributed by atoms with van der Waals surface area (Å²) in [5, 5.41) is 15.9. The van der Waals surface area contributed by atoms with E-state index in [9.17, 15) is 9.90 Å². The molecule has 1 fully saturated rings. The van der Waals surface area contributed by atoms with Crippen molar-refractivity contribution < 1.29 is 9.90 Å². The molecule has 0 unspecified atom stereocenters. The smallest absolute Gasteiger partial charge is 0.255 e. The van der Waals surface area contributed by atoms with Crippen LogP contribution < -0.4 is 10.6 Å². The summed E-state index contributed by atoms with van der Waals surface area (Å²) in [6.07, 6.45) is 1.88. The van der Waals surface area contributed by atoms with Gasteiger partial charge in [-0.3, -0.25) is 4.79 Å². The molecule has 2 rings (SSSR count). The summed E-state index contributed by atoms with van der Waals surface area (Å²) >= 11 is 2.13. The fraction of sp³-hybridized carbons (Fsp3) is 0.417. The Morgan fingerprint density at radius 3 is 2.82 bits per heavy atom. The summed E-state index contributed by atoms with van der Waals surface area (Å²) in [6.45, 7) is 1.87. The molecule has 92 valence electrons. The minimum Gasteiger partial charge on any atom is -0.507 e. The summed E-state index contributed by atoms with van der Waals surface area (Å²) in [7, 11) is 0. The highest BCUT2D eigenvalue weighted by molar-refractivity contribution is 14.1. The van der Waals surface area contributed by atoms with E-state index in [1.165, 1.54) is 0 Å². The number of halogens is 1. The summed E-state index contributed by atoms with van der Waals surface area (Å²) in [4.78, 5) is 12.0. The fourth-order valence-corrected chi connectivity index (χ4v) is 2.41. The van der Waals surface area contributed by atoms with Crippen molar-refractivity contribution in [2.24, 2.45) is 0 Å². The summed E-state index contributed by atoms with van der Waals surface area (Å²) in [5.41, 5.74) is 0.357. The molecule has 1 aromatic carbocycles. The Morgan fingerprint density at radius 2 is 2.12 bits per heavy atom. The third-order valence-corrected chi connectivity index (χ3v) is 3.55. The van der Waals surface area contributed by atoms with Crippen LogP contribution in [0.5, 0.6) is 5.75 Å². The number of hydrogen-bond acceptors (Lipinski definition) is 3. The van der Waals surface area contributed by atoms with Crippen molar-refractivity contribution in [3.8, 4) is 5.75 Å². The Morgan fingerprint density at radius 1 is 1.41 bits per heavy atom. The van der Waals surface area contributed by atoms with Crippen molar-refractivity contribution in [1.82, 2.24) is 10.6 Å². The first-order valence-corrected chi connectivity index (χ1v) is 6.75. The third kappa shape index (κ3) is 3.32. The predicted octanol–water partition coefficient (Wildman–Crippen LogP) is 1.48. The van der Waals surface area contributed by atoms with Crippen LogP contribution in [0, 0.1) is 3.57 Å². The second-order valence-corrected chi connectivity index (χ2v) is 5.40. The SMILES string of the molecule is O=C(NC1CCNCC1)c1cc(I)ccc1O. The largest absolute Gasteiger partial charge is 0.507 e. The van der Waals surface area contributed by atoms with Gasteiger partial charge in [-0.05, 0) is 66.7 Å². The number of benzene rings is 1. The topological polar surface area (TPSA) is 61.4 Å². The fourth-order valence-electron chi connectivity index (χ4n) is 1.92. The molecule has 4 nitrogen and oxygen atoms in total. The molecule has 0 aromatic heterocycles. The lowest BCUT2D eigenvalue weighted by Crippen LogP contribution is -2.42. The van der Waals surface area contributed by atoms with E-state index < -0.39 is 0 Å². The van der Waals surface area contributed by atoms with Crippen LogP contribution in [0.15, 0.2) is 18.2 Å². The Bertz CT molecular complexity index is 417. The van der Waals surface area contributed by atoms with Crippen molar-refractivity contribution in [1.29, 1.82) is 0 Å². The number of carbonyl (C=O) groups excluding carboxylic acids is 1. The third-order valence-electron chi connectivity index (χ3n) is 2.88. The van der Waals surface area contributed by atoms with Gasteiger partial charge in [0.25, 0.3) is 5.91 Å². The van der Waals surface area contributed by atoms with E-state index in [2.05, 4.69) is 33.2 Å². The highest BCUT2D eigenvalue weighted by atomic mass is 127. The van der Waals surface area contributed by atoms with Gasteiger partial charge in [-0.2, -0.15) is 0 Å². The van der Waals surface area contributed by atoms with Gasteiger partial charge in [-0.1, -0.05) is 0 Å². The molecule has 5 heteroatoms. The van der Waals surface area contributed by atoms with E-state index in [4.69, 9.17) is 0 Å². The average molecular weight is 346 g/mol. The van der Waals surface area contributed by atoms with Crippen molar-refractivity contribution in [3.63, 3.8) is 0 Å². The first kappa shape index (κ1) is 12.6. The van der Waals surface area contributed by atoms with Gasteiger partial charge in [0.05, 0.1) is 5.56 Å². The van der Waals surface area contributed by atoms with E-state index >= 15 is 0 Å². The maximum Gasteiger partial charge on any atom is 0.255 e. The molecule has 0 spiro atoms. The van der Waals surface area contributed by atoms with Crippen molar-refractivity contribution >= 4 is 28.5 Å². The summed E-state index contributed by atoms with van der Waals surface area (Å²) < 4.78 is 0.941. The van der Waals surface area contributed by atoms with Crippen molar-refractivity contribution in [2.75, 3.05) is 13.1 Å². The van der Waals surface area contributed by atoms with Gasteiger partial charge in [0.1, 0.15) is 5.75 Å².